The zero-order valence-electron chi connectivity index (χ0n) is 10.2. The van der Waals surface area contributed by atoms with Gasteiger partial charge < -0.3 is 9.84 Å². The molecule has 0 heterocycles. The summed E-state index contributed by atoms with van der Waals surface area (Å²) in [6.45, 7) is 1.41. The van der Waals surface area contributed by atoms with Crippen LogP contribution < -0.4 is 4.74 Å². The maximum atomic E-state index is 12.8. The molecule has 1 atom stereocenters. The van der Waals surface area contributed by atoms with Gasteiger partial charge in [0.15, 0.2) is 0 Å². The molecule has 0 fully saturated rings. The molecule has 0 spiro atoms. The summed E-state index contributed by atoms with van der Waals surface area (Å²) in [4.78, 5) is 10.7. The van der Waals surface area contributed by atoms with Crippen LogP contribution in [0.1, 0.15) is 18.1 Å². The fraction of sp³-hybridized carbons (Fsp3) is 0.417. The predicted octanol–water partition coefficient (Wildman–Crippen LogP) is 3.63. The molecule has 0 radical (unpaired) electrons. The van der Waals surface area contributed by atoms with Crippen molar-refractivity contribution in [3.63, 3.8) is 0 Å². The number of rotatable bonds is 4. The van der Waals surface area contributed by atoms with Gasteiger partial charge >= 0.3 is 12.1 Å². The molecular formula is C12H12ClF3O3. The van der Waals surface area contributed by atoms with Crippen molar-refractivity contribution >= 4 is 17.6 Å². The summed E-state index contributed by atoms with van der Waals surface area (Å²) in [7, 11) is 1.09. The molecule has 0 aliphatic rings. The fourth-order valence-corrected chi connectivity index (χ4v) is 1.95. The lowest BCUT2D eigenvalue weighted by molar-refractivity contribution is -0.141. The van der Waals surface area contributed by atoms with Crippen molar-refractivity contribution in [3.8, 4) is 5.75 Å². The number of hydrogen-bond acceptors (Lipinski definition) is 2. The summed E-state index contributed by atoms with van der Waals surface area (Å²) in [5.41, 5.74) is -0.803. The lowest BCUT2D eigenvalue weighted by Gasteiger charge is -2.16. The lowest BCUT2D eigenvalue weighted by atomic mass is 9.99. The Bertz CT molecular complexity index is 486. The Labute approximate surface area is 112 Å². The Morgan fingerprint density at radius 3 is 2.47 bits per heavy atom. The summed E-state index contributed by atoms with van der Waals surface area (Å²) in [5.74, 6) is -2.34. The smallest absolute Gasteiger partial charge is 0.420 e. The molecule has 1 unspecified atom stereocenters. The summed E-state index contributed by atoms with van der Waals surface area (Å²) in [6.07, 6.45) is -4.65. The van der Waals surface area contributed by atoms with E-state index in [0.29, 0.717) is 0 Å². The highest BCUT2D eigenvalue weighted by Crippen LogP contribution is 2.41. The summed E-state index contributed by atoms with van der Waals surface area (Å²) >= 11 is 5.73. The predicted molar refractivity (Wildman–Crippen MR) is 63.5 cm³/mol. The van der Waals surface area contributed by atoms with Crippen molar-refractivity contribution in [2.24, 2.45) is 5.92 Å². The number of methoxy groups -OCH3 is 1. The summed E-state index contributed by atoms with van der Waals surface area (Å²) < 4.78 is 43.2. The molecule has 7 heteroatoms. The second kappa shape index (κ2) is 5.69. The largest absolute Gasteiger partial charge is 0.495 e. The first-order valence-corrected chi connectivity index (χ1v) is 5.71. The number of aliphatic carboxylic acids is 1. The van der Waals surface area contributed by atoms with Crippen molar-refractivity contribution in [3.05, 3.63) is 28.3 Å². The SMILES string of the molecule is COc1c(Cl)cc(CC(C)C(=O)O)cc1C(F)(F)F. The first-order chi connectivity index (χ1) is 8.66. The van der Waals surface area contributed by atoms with Crippen molar-refractivity contribution in [1.82, 2.24) is 0 Å². The zero-order chi connectivity index (χ0) is 14.8. The average Bonchev–Trinajstić information content (AvgIpc) is 2.26. The van der Waals surface area contributed by atoms with E-state index in [0.717, 1.165) is 13.2 Å². The maximum absolute atomic E-state index is 12.8. The van der Waals surface area contributed by atoms with Gasteiger partial charge in [-0.2, -0.15) is 13.2 Å². The molecule has 1 N–H and O–H groups in total. The Hall–Kier alpha value is -1.43. The minimum absolute atomic E-state index is 0.0396. The molecule has 19 heavy (non-hydrogen) atoms. The molecule has 0 aliphatic heterocycles. The number of halogens is 4. The zero-order valence-corrected chi connectivity index (χ0v) is 11.0. The molecule has 0 saturated carbocycles. The van der Waals surface area contributed by atoms with Crippen LogP contribution in [0.4, 0.5) is 13.2 Å². The molecule has 0 saturated heterocycles. The van der Waals surface area contributed by atoms with E-state index in [1.807, 2.05) is 0 Å². The van der Waals surface area contributed by atoms with E-state index >= 15 is 0 Å². The normalized spacial score (nSPS) is 13.2. The van der Waals surface area contributed by atoms with Crippen LogP contribution in [-0.2, 0) is 17.4 Å². The number of ether oxygens (including phenoxy) is 1. The molecule has 1 aromatic carbocycles. The highest BCUT2D eigenvalue weighted by Gasteiger charge is 2.36. The number of hydrogen-bond donors (Lipinski definition) is 1. The molecule has 0 bridgehead atoms. The van der Waals surface area contributed by atoms with Gasteiger partial charge in [0.1, 0.15) is 5.75 Å². The van der Waals surface area contributed by atoms with E-state index < -0.39 is 29.4 Å². The van der Waals surface area contributed by atoms with Gasteiger partial charge in [0.2, 0.25) is 0 Å². The third-order valence-electron chi connectivity index (χ3n) is 2.58. The van der Waals surface area contributed by atoms with Crippen LogP contribution in [0.2, 0.25) is 5.02 Å². The highest BCUT2D eigenvalue weighted by atomic mass is 35.5. The van der Waals surface area contributed by atoms with E-state index in [1.165, 1.54) is 13.0 Å². The topological polar surface area (TPSA) is 46.5 Å². The quantitative estimate of drug-likeness (QED) is 0.923. The monoisotopic (exact) mass is 296 g/mol. The van der Waals surface area contributed by atoms with Gasteiger partial charge in [-0.05, 0) is 24.1 Å². The van der Waals surface area contributed by atoms with Crippen molar-refractivity contribution in [2.75, 3.05) is 7.11 Å². The van der Waals surface area contributed by atoms with Crippen LogP contribution in [0.15, 0.2) is 12.1 Å². The van der Waals surface area contributed by atoms with Gasteiger partial charge in [-0.1, -0.05) is 18.5 Å². The first-order valence-electron chi connectivity index (χ1n) is 5.33. The summed E-state index contributed by atoms with van der Waals surface area (Å²) in [6, 6.07) is 2.15. The molecule has 106 valence electrons. The molecule has 1 rings (SSSR count). The van der Waals surface area contributed by atoms with Gasteiger partial charge in [-0.15, -0.1) is 0 Å². The second-order valence-corrected chi connectivity index (χ2v) is 4.51. The van der Waals surface area contributed by atoms with Gasteiger partial charge in [-0.3, -0.25) is 4.79 Å². The van der Waals surface area contributed by atoms with Gasteiger partial charge in [0.05, 0.1) is 23.6 Å². The van der Waals surface area contributed by atoms with E-state index in [1.54, 1.807) is 0 Å². The molecular weight excluding hydrogens is 285 g/mol. The molecule has 1 aromatic rings. The Balaban J connectivity index is 3.24. The van der Waals surface area contributed by atoms with Crippen LogP contribution in [0.3, 0.4) is 0 Å². The Morgan fingerprint density at radius 1 is 1.47 bits per heavy atom. The van der Waals surface area contributed by atoms with Crippen molar-refractivity contribution in [2.45, 2.75) is 19.5 Å². The number of carboxylic acids is 1. The fourth-order valence-electron chi connectivity index (χ4n) is 1.63. The molecule has 3 nitrogen and oxygen atoms in total. The Kier molecular flexibility index (Phi) is 4.68. The lowest BCUT2D eigenvalue weighted by Crippen LogP contribution is -2.14. The highest BCUT2D eigenvalue weighted by molar-refractivity contribution is 6.32. The van der Waals surface area contributed by atoms with E-state index in [9.17, 15) is 18.0 Å². The van der Waals surface area contributed by atoms with Gasteiger partial charge in [-0.25, -0.2) is 0 Å². The van der Waals surface area contributed by atoms with Crippen LogP contribution in [0.25, 0.3) is 0 Å². The number of benzene rings is 1. The number of carboxylic acid groups (broad SMARTS) is 1. The number of alkyl halides is 3. The van der Waals surface area contributed by atoms with Crippen molar-refractivity contribution < 1.29 is 27.8 Å². The molecule has 0 aliphatic carbocycles. The third kappa shape index (κ3) is 3.76. The van der Waals surface area contributed by atoms with E-state index in [2.05, 4.69) is 4.74 Å². The number of carbonyl (C=O) groups is 1. The van der Waals surface area contributed by atoms with Gasteiger partial charge in [0, 0.05) is 0 Å². The minimum Gasteiger partial charge on any atom is -0.495 e. The van der Waals surface area contributed by atoms with Gasteiger partial charge in [0.25, 0.3) is 0 Å². The van der Waals surface area contributed by atoms with E-state index in [-0.39, 0.29) is 17.0 Å². The van der Waals surface area contributed by atoms with Crippen LogP contribution in [0.5, 0.6) is 5.75 Å². The third-order valence-corrected chi connectivity index (χ3v) is 2.86. The summed E-state index contributed by atoms with van der Waals surface area (Å²) in [5, 5.41) is 8.57. The minimum atomic E-state index is -4.61. The second-order valence-electron chi connectivity index (χ2n) is 4.10. The maximum Gasteiger partial charge on any atom is 0.420 e. The van der Waals surface area contributed by atoms with Crippen LogP contribution >= 0.6 is 11.6 Å². The van der Waals surface area contributed by atoms with Crippen LogP contribution in [0, 0.1) is 5.92 Å². The van der Waals surface area contributed by atoms with Crippen LogP contribution in [-0.4, -0.2) is 18.2 Å². The van der Waals surface area contributed by atoms with E-state index in [4.69, 9.17) is 16.7 Å². The average molecular weight is 297 g/mol. The Morgan fingerprint density at radius 2 is 2.05 bits per heavy atom. The van der Waals surface area contributed by atoms with Crippen molar-refractivity contribution in [1.29, 1.82) is 0 Å². The standard InChI is InChI=1S/C12H12ClF3O3/c1-6(11(17)18)3-7-4-8(12(14,15)16)10(19-2)9(13)5-7/h4-6H,3H2,1-2H3,(H,17,18). The first kappa shape index (κ1) is 15.6. The molecule has 0 amide bonds. The molecule has 0 aromatic heterocycles.